The van der Waals surface area contributed by atoms with Gasteiger partial charge in [-0.2, -0.15) is 0 Å². The first-order chi connectivity index (χ1) is 11.8. The number of ether oxygens (including phenoxy) is 2. The molecule has 0 atom stereocenters. The molecular formula is C20H30NO2Se. The van der Waals surface area contributed by atoms with E-state index in [1.807, 2.05) is 24.3 Å². The predicted octanol–water partition coefficient (Wildman–Crippen LogP) is 5.54. The van der Waals surface area contributed by atoms with E-state index in [-0.39, 0.29) is 0 Å². The van der Waals surface area contributed by atoms with E-state index in [0.29, 0.717) is 10.9 Å². The van der Waals surface area contributed by atoms with Gasteiger partial charge in [0, 0.05) is 0 Å². The summed E-state index contributed by atoms with van der Waals surface area (Å²) in [7, 11) is 1.67. The molecular weight excluding hydrogens is 365 g/mol. The summed E-state index contributed by atoms with van der Waals surface area (Å²) in [5, 5.41) is 0. The minimum atomic E-state index is 0.294. The second-order valence-electron chi connectivity index (χ2n) is 6.57. The third kappa shape index (κ3) is 7.72. The standard InChI is InChI=1S/C20H30NO2Se/c1-22-18-15-13-17(14-16-18)21-20(24)23-19-11-9-7-5-3-2-4-6-8-10-12-19/h13-16,19H,2-12H2,1H3. The predicted molar refractivity (Wildman–Crippen MR) is 102 cm³/mol. The molecule has 2 rings (SSSR count). The number of methoxy groups -OCH3 is 1. The number of rotatable bonds is 3. The van der Waals surface area contributed by atoms with Crippen molar-refractivity contribution in [3.05, 3.63) is 24.3 Å². The molecule has 3 nitrogen and oxygen atoms in total. The van der Waals surface area contributed by atoms with E-state index in [4.69, 9.17) is 9.47 Å². The molecule has 0 spiro atoms. The van der Waals surface area contributed by atoms with Crippen molar-refractivity contribution in [3.8, 4) is 5.75 Å². The molecule has 1 aromatic carbocycles. The van der Waals surface area contributed by atoms with Gasteiger partial charge in [0.1, 0.15) is 0 Å². The van der Waals surface area contributed by atoms with E-state index in [0.717, 1.165) is 24.3 Å². The van der Waals surface area contributed by atoms with Gasteiger partial charge in [-0.15, -0.1) is 0 Å². The minimum absolute atomic E-state index is 0.294. The van der Waals surface area contributed by atoms with Crippen molar-refractivity contribution >= 4 is 26.5 Å². The maximum absolute atomic E-state index is 6.12. The summed E-state index contributed by atoms with van der Waals surface area (Å²) in [5.74, 6) is 0.843. The van der Waals surface area contributed by atoms with Crippen LogP contribution in [-0.2, 0) is 4.74 Å². The van der Waals surface area contributed by atoms with Gasteiger partial charge in [0.05, 0.1) is 0 Å². The van der Waals surface area contributed by atoms with Crippen LogP contribution in [0, 0.1) is 0 Å². The first-order valence-corrected chi connectivity index (χ1v) is 10.2. The van der Waals surface area contributed by atoms with Crippen LogP contribution in [0.25, 0.3) is 0 Å². The molecule has 1 radical (unpaired) electrons. The Bertz CT molecular complexity index is 475. The van der Waals surface area contributed by atoms with Gasteiger partial charge in [0.2, 0.25) is 0 Å². The van der Waals surface area contributed by atoms with Crippen LogP contribution in [0.5, 0.6) is 5.75 Å². The Morgan fingerprint density at radius 3 is 1.88 bits per heavy atom. The average Bonchev–Trinajstić information content (AvgIpc) is 2.58. The Morgan fingerprint density at radius 1 is 0.875 bits per heavy atom. The van der Waals surface area contributed by atoms with Crippen LogP contribution < -0.4 is 4.74 Å². The van der Waals surface area contributed by atoms with Gasteiger partial charge in [0.15, 0.2) is 0 Å². The zero-order valence-electron chi connectivity index (χ0n) is 14.8. The molecule has 0 saturated heterocycles. The van der Waals surface area contributed by atoms with Gasteiger partial charge in [-0.1, -0.05) is 0 Å². The van der Waals surface area contributed by atoms with Gasteiger partial charge >= 0.3 is 155 Å². The summed E-state index contributed by atoms with van der Waals surface area (Å²) in [6, 6.07) is 7.73. The number of nitrogens with zero attached hydrogens (tertiary/aromatic N) is 1. The summed E-state index contributed by atoms with van der Waals surface area (Å²) in [5.41, 5.74) is 0.887. The molecule has 1 aromatic rings. The second kappa shape index (κ2) is 11.5. The van der Waals surface area contributed by atoms with Crippen LogP contribution >= 0.6 is 0 Å². The Balaban J connectivity index is 1.87. The molecule has 0 N–H and O–H groups in total. The first-order valence-electron chi connectivity index (χ1n) is 9.34. The fourth-order valence-corrected chi connectivity index (χ4v) is 3.68. The molecule has 0 aromatic heterocycles. The fraction of sp³-hybridized carbons (Fsp3) is 0.650. The van der Waals surface area contributed by atoms with E-state index in [1.54, 1.807) is 7.11 Å². The number of hydrogen-bond donors (Lipinski definition) is 0. The van der Waals surface area contributed by atoms with Crippen molar-refractivity contribution in [1.82, 2.24) is 0 Å². The van der Waals surface area contributed by atoms with E-state index in [9.17, 15) is 0 Å². The van der Waals surface area contributed by atoms with Crippen LogP contribution in [0.2, 0.25) is 0 Å². The van der Waals surface area contributed by atoms with Crippen molar-refractivity contribution in [2.24, 2.45) is 4.99 Å². The number of benzene rings is 1. The Kier molecular flexibility index (Phi) is 9.30. The topological polar surface area (TPSA) is 30.8 Å². The van der Waals surface area contributed by atoms with Gasteiger partial charge < -0.3 is 0 Å². The molecule has 24 heavy (non-hydrogen) atoms. The van der Waals surface area contributed by atoms with Crippen molar-refractivity contribution in [2.75, 3.05) is 7.11 Å². The van der Waals surface area contributed by atoms with Crippen LogP contribution in [0.3, 0.4) is 0 Å². The Hall–Kier alpha value is -0.991. The van der Waals surface area contributed by atoms with Crippen molar-refractivity contribution in [1.29, 1.82) is 0 Å². The molecule has 0 unspecified atom stereocenters. The third-order valence-electron chi connectivity index (χ3n) is 4.61. The van der Waals surface area contributed by atoms with Crippen molar-refractivity contribution < 1.29 is 9.47 Å². The van der Waals surface area contributed by atoms with Gasteiger partial charge in [-0.05, 0) is 0 Å². The first kappa shape index (κ1) is 19.3. The van der Waals surface area contributed by atoms with Crippen molar-refractivity contribution in [3.63, 3.8) is 0 Å². The summed E-state index contributed by atoms with van der Waals surface area (Å²) < 4.78 is 11.3. The van der Waals surface area contributed by atoms with Crippen LogP contribution in [0.4, 0.5) is 5.69 Å². The van der Waals surface area contributed by atoms with E-state index >= 15 is 0 Å². The molecule has 0 amide bonds. The van der Waals surface area contributed by atoms with Crippen LogP contribution in [0.1, 0.15) is 70.6 Å². The van der Waals surface area contributed by atoms with E-state index < -0.39 is 0 Å². The summed E-state index contributed by atoms with van der Waals surface area (Å²) >= 11 is 2.98. The molecule has 1 saturated carbocycles. The average molecular weight is 395 g/mol. The van der Waals surface area contributed by atoms with Gasteiger partial charge in [-0.25, -0.2) is 0 Å². The molecule has 4 heteroatoms. The summed E-state index contributed by atoms with van der Waals surface area (Å²) in [6.45, 7) is 0. The summed E-state index contributed by atoms with van der Waals surface area (Å²) in [4.78, 5) is 5.19. The second-order valence-corrected chi connectivity index (χ2v) is 7.31. The van der Waals surface area contributed by atoms with Gasteiger partial charge in [-0.3, -0.25) is 0 Å². The molecule has 1 aliphatic rings. The van der Waals surface area contributed by atoms with E-state index in [2.05, 4.69) is 21.0 Å². The SMILES string of the molecule is COc1ccc(N=C([Se])OC2CCCCCCCCCCC2)cc1. The van der Waals surface area contributed by atoms with E-state index in [1.165, 1.54) is 57.8 Å². The molecule has 0 bridgehead atoms. The summed E-state index contributed by atoms with van der Waals surface area (Å²) in [6.07, 6.45) is 14.7. The number of hydrogen-bond acceptors (Lipinski definition) is 3. The fourth-order valence-electron chi connectivity index (χ4n) is 3.17. The third-order valence-corrected chi connectivity index (χ3v) is 5.01. The van der Waals surface area contributed by atoms with Crippen LogP contribution in [-0.4, -0.2) is 34.0 Å². The molecule has 0 heterocycles. The molecule has 1 aliphatic carbocycles. The molecule has 1 fully saturated rings. The zero-order chi connectivity index (χ0) is 17.0. The molecule has 0 aliphatic heterocycles. The number of aliphatic imine (C=N–C) groups is 1. The zero-order valence-corrected chi connectivity index (χ0v) is 16.5. The van der Waals surface area contributed by atoms with Crippen molar-refractivity contribution in [2.45, 2.75) is 76.7 Å². The van der Waals surface area contributed by atoms with Crippen LogP contribution in [0.15, 0.2) is 29.3 Å². The van der Waals surface area contributed by atoms with Gasteiger partial charge in [0.25, 0.3) is 0 Å². The monoisotopic (exact) mass is 396 g/mol. The Morgan fingerprint density at radius 2 is 1.38 bits per heavy atom. The molecule has 133 valence electrons. The maximum atomic E-state index is 6.12. The normalized spacial score (nSPS) is 19.1. The quantitative estimate of drug-likeness (QED) is 0.382. The Labute approximate surface area is 155 Å².